The summed E-state index contributed by atoms with van der Waals surface area (Å²) in [7, 11) is 0. The number of nitrogens with one attached hydrogen (secondary N) is 1. The van der Waals surface area contributed by atoms with E-state index in [9.17, 15) is 18.7 Å². The van der Waals surface area contributed by atoms with Crippen LogP contribution in [0, 0.1) is 11.6 Å². The summed E-state index contributed by atoms with van der Waals surface area (Å²) in [4.78, 5) is 11.8. The van der Waals surface area contributed by atoms with E-state index in [2.05, 4.69) is 5.32 Å². The van der Waals surface area contributed by atoms with Crippen LogP contribution in [0.2, 0.25) is 0 Å². The van der Waals surface area contributed by atoms with Crippen molar-refractivity contribution in [3.8, 4) is 0 Å². The first-order valence-electron chi connectivity index (χ1n) is 7.34. The first kappa shape index (κ1) is 17.6. The van der Waals surface area contributed by atoms with Crippen molar-refractivity contribution in [2.75, 3.05) is 6.54 Å². The van der Waals surface area contributed by atoms with Gasteiger partial charge in [-0.05, 0) is 18.9 Å². The van der Waals surface area contributed by atoms with Gasteiger partial charge in [0.15, 0.2) is 11.6 Å². The summed E-state index contributed by atoms with van der Waals surface area (Å²) in [6.07, 6.45) is 2.57. The fourth-order valence-electron chi connectivity index (χ4n) is 2.42. The summed E-state index contributed by atoms with van der Waals surface area (Å²) >= 11 is 0. The smallest absolute Gasteiger partial charge is 0.224 e. The van der Waals surface area contributed by atoms with Crippen LogP contribution in [-0.2, 0) is 11.2 Å². The molecule has 2 N–H and O–H groups in total. The molecule has 0 unspecified atom stereocenters. The lowest BCUT2D eigenvalue weighted by Crippen LogP contribution is -2.43. The number of aliphatic hydroxyl groups is 1. The number of carbonyl (C=O) groups is 1. The molecular formula is C16H23F2NO2. The summed E-state index contributed by atoms with van der Waals surface area (Å²) in [5.74, 6) is -2.39. The van der Waals surface area contributed by atoms with E-state index in [1.807, 2.05) is 13.8 Å². The Morgan fingerprint density at radius 1 is 1.24 bits per heavy atom. The maximum absolute atomic E-state index is 13.5. The van der Waals surface area contributed by atoms with Gasteiger partial charge in [-0.1, -0.05) is 38.8 Å². The van der Waals surface area contributed by atoms with Gasteiger partial charge < -0.3 is 10.4 Å². The molecule has 21 heavy (non-hydrogen) atoms. The molecule has 1 amide bonds. The van der Waals surface area contributed by atoms with Gasteiger partial charge in [0, 0.05) is 12.1 Å². The van der Waals surface area contributed by atoms with Gasteiger partial charge in [-0.25, -0.2) is 8.78 Å². The largest absolute Gasteiger partial charge is 0.388 e. The Hall–Kier alpha value is -1.49. The fourth-order valence-corrected chi connectivity index (χ4v) is 2.42. The van der Waals surface area contributed by atoms with Crippen LogP contribution in [0.15, 0.2) is 18.2 Å². The van der Waals surface area contributed by atoms with Gasteiger partial charge in [0.25, 0.3) is 0 Å². The van der Waals surface area contributed by atoms with Crippen molar-refractivity contribution < 1.29 is 18.7 Å². The second-order valence-electron chi connectivity index (χ2n) is 5.39. The van der Waals surface area contributed by atoms with Crippen LogP contribution in [0.3, 0.4) is 0 Å². The third-order valence-electron chi connectivity index (χ3n) is 3.43. The normalized spacial score (nSPS) is 11.5. The Morgan fingerprint density at radius 2 is 1.86 bits per heavy atom. The second kappa shape index (κ2) is 8.08. The molecule has 0 aromatic heterocycles. The van der Waals surface area contributed by atoms with Crippen molar-refractivity contribution >= 4 is 5.91 Å². The SMILES string of the molecule is CCCC(O)(CCC)CNC(=O)Cc1cccc(F)c1F. The number of carbonyl (C=O) groups excluding carboxylic acids is 1. The summed E-state index contributed by atoms with van der Waals surface area (Å²) < 4.78 is 26.5. The first-order valence-corrected chi connectivity index (χ1v) is 7.34. The monoisotopic (exact) mass is 299 g/mol. The van der Waals surface area contributed by atoms with Crippen LogP contribution in [-0.4, -0.2) is 23.2 Å². The van der Waals surface area contributed by atoms with Gasteiger partial charge in [0.2, 0.25) is 5.91 Å². The van der Waals surface area contributed by atoms with Crippen LogP contribution in [0.5, 0.6) is 0 Å². The summed E-state index contributed by atoms with van der Waals surface area (Å²) in [5, 5.41) is 13.0. The molecule has 0 aliphatic rings. The third-order valence-corrected chi connectivity index (χ3v) is 3.43. The standard InChI is InChI=1S/C16H23F2NO2/c1-3-8-16(21,9-4-2)11-19-14(20)10-12-6-5-7-13(17)15(12)18/h5-7,21H,3-4,8-11H2,1-2H3,(H,19,20). The van der Waals surface area contributed by atoms with Crippen molar-refractivity contribution in [1.29, 1.82) is 0 Å². The number of halogens is 2. The highest BCUT2D eigenvalue weighted by Crippen LogP contribution is 2.18. The third kappa shape index (κ3) is 5.42. The molecule has 1 rings (SSSR count). The van der Waals surface area contributed by atoms with Crippen molar-refractivity contribution in [2.24, 2.45) is 0 Å². The minimum absolute atomic E-state index is 0.0158. The molecule has 0 aliphatic carbocycles. The maximum atomic E-state index is 13.5. The molecule has 3 nitrogen and oxygen atoms in total. The summed E-state index contributed by atoms with van der Waals surface area (Å²) in [6.45, 7) is 4.06. The summed E-state index contributed by atoms with van der Waals surface area (Å²) in [5.41, 5.74) is -0.915. The van der Waals surface area contributed by atoms with E-state index in [0.717, 1.165) is 18.9 Å². The van der Waals surface area contributed by atoms with Crippen molar-refractivity contribution in [3.63, 3.8) is 0 Å². The number of benzene rings is 1. The van der Waals surface area contributed by atoms with E-state index < -0.39 is 23.1 Å². The minimum Gasteiger partial charge on any atom is -0.388 e. The lowest BCUT2D eigenvalue weighted by molar-refractivity contribution is -0.122. The highest BCUT2D eigenvalue weighted by Gasteiger charge is 2.25. The van der Waals surface area contributed by atoms with E-state index >= 15 is 0 Å². The van der Waals surface area contributed by atoms with Crippen LogP contribution < -0.4 is 5.32 Å². The van der Waals surface area contributed by atoms with Gasteiger partial charge in [-0.15, -0.1) is 0 Å². The molecular weight excluding hydrogens is 276 g/mol. The van der Waals surface area contributed by atoms with Crippen LogP contribution in [0.1, 0.15) is 45.1 Å². The Morgan fingerprint density at radius 3 is 2.43 bits per heavy atom. The second-order valence-corrected chi connectivity index (χ2v) is 5.39. The molecule has 0 spiro atoms. The topological polar surface area (TPSA) is 49.3 Å². The Labute approximate surface area is 124 Å². The van der Waals surface area contributed by atoms with Gasteiger partial charge in [0.05, 0.1) is 12.0 Å². The van der Waals surface area contributed by atoms with E-state index in [4.69, 9.17) is 0 Å². The predicted octanol–water partition coefficient (Wildman–Crippen LogP) is 2.95. The van der Waals surface area contributed by atoms with Gasteiger partial charge in [-0.2, -0.15) is 0 Å². The Balaban J connectivity index is 2.59. The molecule has 0 heterocycles. The van der Waals surface area contributed by atoms with E-state index in [-0.39, 0.29) is 18.5 Å². The van der Waals surface area contributed by atoms with Crippen LogP contribution in [0.4, 0.5) is 8.78 Å². The van der Waals surface area contributed by atoms with Crippen molar-refractivity contribution in [1.82, 2.24) is 5.32 Å². The number of amides is 1. The molecule has 1 aromatic rings. The molecule has 0 bridgehead atoms. The fraction of sp³-hybridized carbons (Fsp3) is 0.562. The number of hydrogen-bond donors (Lipinski definition) is 2. The summed E-state index contributed by atoms with van der Waals surface area (Å²) in [6, 6.07) is 3.76. The molecule has 0 saturated carbocycles. The number of hydrogen-bond acceptors (Lipinski definition) is 2. The zero-order valence-electron chi connectivity index (χ0n) is 12.6. The maximum Gasteiger partial charge on any atom is 0.224 e. The molecule has 5 heteroatoms. The van der Waals surface area contributed by atoms with Gasteiger partial charge >= 0.3 is 0 Å². The van der Waals surface area contributed by atoms with E-state index in [0.29, 0.717) is 12.8 Å². The van der Waals surface area contributed by atoms with Gasteiger partial charge in [0.1, 0.15) is 0 Å². The highest BCUT2D eigenvalue weighted by molar-refractivity contribution is 5.78. The average Bonchev–Trinajstić information content (AvgIpc) is 2.42. The molecule has 118 valence electrons. The highest BCUT2D eigenvalue weighted by atomic mass is 19.2. The van der Waals surface area contributed by atoms with Crippen LogP contribution in [0.25, 0.3) is 0 Å². The Kier molecular flexibility index (Phi) is 6.75. The zero-order chi connectivity index (χ0) is 15.9. The quantitative estimate of drug-likeness (QED) is 0.775. The molecule has 0 atom stereocenters. The molecule has 0 radical (unpaired) electrons. The van der Waals surface area contributed by atoms with E-state index in [1.165, 1.54) is 12.1 Å². The predicted molar refractivity (Wildman–Crippen MR) is 77.8 cm³/mol. The molecule has 1 aromatic carbocycles. The molecule has 0 fully saturated rings. The van der Waals surface area contributed by atoms with E-state index in [1.54, 1.807) is 0 Å². The van der Waals surface area contributed by atoms with Crippen molar-refractivity contribution in [3.05, 3.63) is 35.4 Å². The first-order chi connectivity index (χ1) is 9.91. The Bertz CT molecular complexity index is 471. The number of rotatable bonds is 8. The lowest BCUT2D eigenvalue weighted by atomic mass is 9.92. The molecule has 0 aliphatic heterocycles. The lowest BCUT2D eigenvalue weighted by Gasteiger charge is -2.27. The average molecular weight is 299 g/mol. The van der Waals surface area contributed by atoms with Crippen molar-refractivity contribution in [2.45, 2.75) is 51.6 Å². The minimum atomic E-state index is -0.995. The van der Waals surface area contributed by atoms with Crippen LogP contribution >= 0.6 is 0 Å². The van der Waals surface area contributed by atoms with Gasteiger partial charge in [-0.3, -0.25) is 4.79 Å². The zero-order valence-corrected chi connectivity index (χ0v) is 12.6. The molecule has 0 saturated heterocycles.